The maximum atomic E-state index is 12.4. The van der Waals surface area contributed by atoms with Crippen LogP contribution in [0.4, 0.5) is 18.3 Å². The summed E-state index contributed by atoms with van der Waals surface area (Å²) in [6.45, 7) is -0.212. The number of rotatable bonds is 5. The second-order valence-corrected chi connectivity index (χ2v) is 4.89. The number of alkyl halides is 3. The molecule has 1 atom stereocenters. The maximum Gasteiger partial charge on any atom is 0.452 e. The number of hydrogen-bond donors (Lipinski definition) is 2. The summed E-state index contributed by atoms with van der Waals surface area (Å²) in [5.41, 5.74) is 0.972. The highest BCUT2D eigenvalue weighted by Crippen LogP contribution is 2.29. The van der Waals surface area contributed by atoms with Gasteiger partial charge in [-0.05, 0) is 12.0 Å². The first-order valence-electron chi connectivity index (χ1n) is 5.81. The molecule has 1 aromatic heterocycles. The molecule has 0 radical (unpaired) electrons. The van der Waals surface area contributed by atoms with Crippen molar-refractivity contribution in [1.82, 2.24) is 9.36 Å². The van der Waals surface area contributed by atoms with Gasteiger partial charge in [0.15, 0.2) is 0 Å². The van der Waals surface area contributed by atoms with Gasteiger partial charge in [0.05, 0.1) is 12.6 Å². The average Bonchev–Trinajstić information content (AvgIpc) is 2.87. The third kappa shape index (κ3) is 3.91. The Balaban J connectivity index is 2.01. The van der Waals surface area contributed by atoms with E-state index in [9.17, 15) is 18.3 Å². The molecule has 1 aromatic carbocycles. The summed E-state index contributed by atoms with van der Waals surface area (Å²) in [6, 6.07) is 8.93. The molecule has 0 aliphatic rings. The first kappa shape index (κ1) is 14.7. The van der Waals surface area contributed by atoms with Crippen LogP contribution in [-0.2, 0) is 12.6 Å². The van der Waals surface area contributed by atoms with Crippen LogP contribution in [0.3, 0.4) is 0 Å². The first-order valence-corrected chi connectivity index (χ1v) is 6.58. The molecule has 0 amide bonds. The number of nitrogens with one attached hydrogen (secondary N) is 1. The predicted molar refractivity (Wildman–Crippen MR) is 69.6 cm³/mol. The molecule has 8 heteroatoms. The van der Waals surface area contributed by atoms with Gasteiger partial charge in [-0.2, -0.15) is 22.5 Å². The highest BCUT2D eigenvalue weighted by molar-refractivity contribution is 7.09. The fourth-order valence-electron chi connectivity index (χ4n) is 1.63. The molecular weight excluding hydrogens is 291 g/mol. The molecule has 2 aromatic rings. The summed E-state index contributed by atoms with van der Waals surface area (Å²) in [5.74, 6) is -1.17. The van der Waals surface area contributed by atoms with Crippen molar-refractivity contribution in [1.29, 1.82) is 0 Å². The highest BCUT2D eigenvalue weighted by Gasteiger charge is 2.36. The minimum absolute atomic E-state index is 0.0484. The second kappa shape index (κ2) is 6.19. The highest BCUT2D eigenvalue weighted by atomic mass is 32.1. The van der Waals surface area contributed by atoms with Crippen molar-refractivity contribution in [3.63, 3.8) is 0 Å². The Bertz CT molecular complexity index is 544. The Hall–Kier alpha value is -1.67. The quantitative estimate of drug-likeness (QED) is 0.891. The Morgan fingerprint density at radius 3 is 2.50 bits per heavy atom. The third-order valence-electron chi connectivity index (χ3n) is 2.55. The van der Waals surface area contributed by atoms with Crippen molar-refractivity contribution < 1.29 is 18.3 Å². The van der Waals surface area contributed by atoms with Gasteiger partial charge >= 0.3 is 6.18 Å². The Morgan fingerprint density at radius 2 is 1.95 bits per heavy atom. The molecule has 0 aliphatic carbocycles. The Kier molecular flexibility index (Phi) is 4.56. The summed E-state index contributed by atoms with van der Waals surface area (Å²) in [6.07, 6.45) is -4.07. The summed E-state index contributed by atoms with van der Waals surface area (Å²) >= 11 is 0.627. The van der Waals surface area contributed by atoms with Crippen LogP contribution >= 0.6 is 11.5 Å². The average molecular weight is 303 g/mol. The van der Waals surface area contributed by atoms with E-state index in [1.807, 2.05) is 30.3 Å². The van der Waals surface area contributed by atoms with Gasteiger partial charge in [-0.3, -0.25) is 0 Å². The van der Waals surface area contributed by atoms with E-state index < -0.39 is 18.0 Å². The van der Waals surface area contributed by atoms with Crippen molar-refractivity contribution in [2.45, 2.75) is 18.6 Å². The van der Waals surface area contributed by atoms with Crippen LogP contribution in [0, 0.1) is 0 Å². The van der Waals surface area contributed by atoms with Gasteiger partial charge < -0.3 is 10.4 Å². The van der Waals surface area contributed by atoms with Crippen molar-refractivity contribution in [3.05, 3.63) is 41.7 Å². The van der Waals surface area contributed by atoms with Crippen molar-refractivity contribution >= 4 is 16.7 Å². The Labute approximate surface area is 117 Å². The molecule has 0 saturated carbocycles. The number of aliphatic hydroxyl groups excluding tert-OH is 1. The zero-order valence-electron chi connectivity index (χ0n) is 10.3. The van der Waals surface area contributed by atoms with Crippen LogP contribution in [0.15, 0.2) is 30.3 Å². The van der Waals surface area contributed by atoms with E-state index in [2.05, 4.69) is 14.7 Å². The summed E-state index contributed by atoms with van der Waals surface area (Å²) in [4.78, 5) is 3.37. The van der Waals surface area contributed by atoms with Gasteiger partial charge in [0.2, 0.25) is 11.0 Å². The largest absolute Gasteiger partial charge is 0.452 e. The van der Waals surface area contributed by atoms with Crippen LogP contribution < -0.4 is 5.32 Å². The van der Waals surface area contributed by atoms with E-state index in [0.717, 1.165) is 5.56 Å². The standard InChI is InChI=1S/C12H12F3N3OS/c13-12(14,15)10-17-11(20-18-10)16-9(7-19)6-8-4-2-1-3-5-8/h1-5,9,19H,6-7H2,(H,16,17,18). The van der Waals surface area contributed by atoms with Crippen LogP contribution in [0.25, 0.3) is 0 Å². The van der Waals surface area contributed by atoms with Crippen LogP contribution in [0.1, 0.15) is 11.4 Å². The number of hydrogen-bond acceptors (Lipinski definition) is 5. The zero-order valence-corrected chi connectivity index (χ0v) is 11.1. The molecule has 4 nitrogen and oxygen atoms in total. The number of nitrogens with zero attached hydrogens (tertiary/aromatic N) is 2. The molecule has 0 aliphatic heterocycles. The molecule has 1 heterocycles. The van der Waals surface area contributed by atoms with Crippen LogP contribution in [0.5, 0.6) is 0 Å². The molecule has 0 bridgehead atoms. The fourth-order valence-corrected chi connectivity index (χ4v) is 2.30. The van der Waals surface area contributed by atoms with Crippen LogP contribution in [0.2, 0.25) is 0 Å². The van der Waals surface area contributed by atoms with Crippen molar-refractivity contribution in [3.8, 4) is 0 Å². The van der Waals surface area contributed by atoms with E-state index in [4.69, 9.17) is 0 Å². The summed E-state index contributed by atoms with van der Waals surface area (Å²) in [7, 11) is 0. The number of aliphatic hydroxyl groups is 1. The van der Waals surface area contributed by atoms with Crippen LogP contribution in [-0.4, -0.2) is 27.1 Å². The number of anilines is 1. The van der Waals surface area contributed by atoms with Gasteiger partial charge in [0.25, 0.3) is 0 Å². The lowest BCUT2D eigenvalue weighted by atomic mass is 10.1. The second-order valence-electron chi connectivity index (χ2n) is 4.13. The van der Waals surface area contributed by atoms with Gasteiger partial charge in [-0.15, -0.1) is 0 Å². The molecule has 108 valence electrons. The zero-order chi connectivity index (χ0) is 14.6. The lowest BCUT2D eigenvalue weighted by Crippen LogP contribution is -2.26. The number of aromatic nitrogens is 2. The minimum Gasteiger partial charge on any atom is -0.394 e. The molecule has 1 unspecified atom stereocenters. The molecule has 0 spiro atoms. The van der Waals surface area contributed by atoms with Crippen molar-refractivity contribution in [2.24, 2.45) is 0 Å². The molecule has 2 N–H and O–H groups in total. The first-order chi connectivity index (χ1) is 9.49. The molecule has 0 saturated heterocycles. The predicted octanol–water partition coefficient (Wildman–Crippen LogP) is 2.57. The summed E-state index contributed by atoms with van der Waals surface area (Å²) < 4.78 is 40.4. The maximum absolute atomic E-state index is 12.4. The molecule has 0 fully saturated rings. The van der Waals surface area contributed by atoms with E-state index in [1.165, 1.54) is 0 Å². The number of benzene rings is 1. The smallest absolute Gasteiger partial charge is 0.394 e. The van der Waals surface area contributed by atoms with Crippen molar-refractivity contribution in [2.75, 3.05) is 11.9 Å². The minimum atomic E-state index is -4.55. The normalized spacial score (nSPS) is 13.2. The topological polar surface area (TPSA) is 58.0 Å². The van der Waals surface area contributed by atoms with Gasteiger partial charge in [-0.1, -0.05) is 30.3 Å². The van der Waals surface area contributed by atoms with E-state index >= 15 is 0 Å². The monoisotopic (exact) mass is 303 g/mol. The fraction of sp³-hybridized carbons (Fsp3) is 0.333. The number of halogens is 3. The van der Waals surface area contributed by atoms with Gasteiger partial charge in [-0.25, -0.2) is 0 Å². The van der Waals surface area contributed by atoms with E-state index in [-0.39, 0.29) is 11.7 Å². The summed E-state index contributed by atoms with van der Waals surface area (Å²) in [5, 5.41) is 12.1. The van der Waals surface area contributed by atoms with Gasteiger partial charge in [0, 0.05) is 11.5 Å². The van der Waals surface area contributed by atoms with E-state index in [1.54, 1.807) is 0 Å². The Morgan fingerprint density at radius 1 is 1.25 bits per heavy atom. The molecule has 20 heavy (non-hydrogen) atoms. The van der Waals surface area contributed by atoms with Gasteiger partial charge in [0.1, 0.15) is 0 Å². The molecule has 2 rings (SSSR count). The SMILES string of the molecule is OCC(Cc1ccccc1)Nc1nc(C(F)(F)F)ns1. The molecular formula is C12H12F3N3OS. The van der Waals surface area contributed by atoms with E-state index in [0.29, 0.717) is 18.0 Å². The lowest BCUT2D eigenvalue weighted by molar-refractivity contribution is -0.144. The third-order valence-corrected chi connectivity index (χ3v) is 3.20. The lowest BCUT2D eigenvalue weighted by Gasteiger charge is -2.15.